The van der Waals surface area contributed by atoms with Crippen molar-refractivity contribution in [2.75, 3.05) is 19.7 Å². The molecule has 0 saturated carbocycles. The molecule has 2 amide bonds. The third-order valence-electron chi connectivity index (χ3n) is 3.61. The molecule has 2 rings (SSSR count). The van der Waals surface area contributed by atoms with Crippen LogP contribution in [-0.4, -0.2) is 54.0 Å². The fourth-order valence-corrected chi connectivity index (χ4v) is 2.56. The van der Waals surface area contributed by atoms with E-state index in [9.17, 15) is 19.2 Å². The molecule has 8 heteroatoms. The lowest BCUT2D eigenvalue weighted by Gasteiger charge is -2.35. The van der Waals surface area contributed by atoms with E-state index < -0.39 is 35.3 Å². The molecule has 0 bridgehead atoms. The minimum atomic E-state index is -1.51. The molecule has 0 aromatic carbocycles. The third-order valence-corrected chi connectivity index (χ3v) is 3.61. The maximum absolute atomic E-state index is 12.5. The van der Waals surface area contributed by atoms with Crippen molar-refractivity contribution in [1.29, 1.82) is 0 Å². The van der Waals surface area contributed by atoms with Gasteiger partial charge in [-0.2, -0.15) is 0 Å². The Morgan fingerprint density at radius 3 is 2.54 bits per heavy atom. The first-order valence-corrected chi connectivity index (χ1v) is 7.85. The van der Waals surface area contributed by atoms with Crippen LogP contribution < -0.4 is 5.32 Å². The van der Waals surface area contributed by atoms with Crippen LogP contribution in [0.25, 0.3) is 0 Å². The first kappa shape index (κ1) is 18.0. The summed E-state index contributed by atoms with van der Waals surface area (Å²) in [7, 11) is 0. The summed E-state index contributed by atoms with van der Waals surface area (Å²) in [6.07, 6.45) is -0.215. The molecule has 0 spiro atoms. The molecule has 0 aromatic heterocycles. The highest BCUT2D eigenvalue weighted by atomic mass is 16.6. The average Bonchev–Trinajstić information content (AvgIpc) is 2.45. The Kier molecular flexibility index (Phi) is 4.96. The molecule has 24 heavy (non-hydrogen) atoms. The molecule has 132 valence electrons. The molecule has 1 atom stereocenters. The molecule has 1 unspecified atom stereocenters. The summed E-state index contributed by atoms with van der Waals surface area (Å²) in [5.41, 5.74) is 0.0689. The summed E-state index contributed by atoms with van der Waals surface area (Å²) in [4.78, 5) is 50.0. The van der Waals surface area contributed by atoms with Crippen LogP contribution >= 0.6 is 0 Å². The molecule has 2 heterocycles. The number of Topliss-reactive ketones (excluding diaryl/α,β-unsaturated/α-hetero) is 1. The van der Waals surface area contributed by atoms with Crippen LogP contribution in [0.4, 0.5) is 4.79 Å². The summed E-state index contributed by atoms with van der Waals surface area (Å²) >= 11 is 0. The molecular formula is C16H22N2O6. The lowest BCUT2D eigenvalue weighted by molar-refractivity contribution is -0.155. The highest BCUT2D eigenvalue weighted by Gasteiger charge is 2.44. The summed E-state index contributed by atoms with van der Waals surface area (Å²) < 4.78 is 10.1. The van der Waals surface area contributed by atoms with Crippen LogP contribution in [0, 0.1) is 5.92 Å². The van der Waals surface area contributed by atoms with Crippen LogP contribution in [0.1, 0.15) is 34.1 Å². The van der Waals surface area contributed by atoms with Crippen molar-refractivity contribution >= 4 is 23.8 Å². The minimum absolute atomic E-state index is 0.000729. The number of hydrogen-bond donors (Lipinski definition) is 1. The van der Waals surface area contributed by atoms with E-state index in [1.165, 1.54) is 4.90 Å². The van der Waals surface area contributed by atoms with Crippen LogP contribution in [0.3, 0.4) is 0 Å². The predicted octanol–water partition coefficient (Wildman–Crippen LogP) is 0.759. The van der Waals surface area contributed by atoms with E-state index in [1.807, 2.05) is 0 Å². The molecule has 0 fully saturated rings. The zero-order valence-corrected chi connectivity index (χ0v) is 14.3. The van der Waals surface area contributed by atoms with E-state index in [0.717, 1.165) is 0 Å². The standard InChI is InChI=1S/C16H22N2O6/c1-5-23-14(21)11-12(19)9-8-18(15(22)24-16(2,3)4)7-6-10(9)17-13(11)20/h11H,5-8H2,1-4H3,(H,17,20). The van der Waals surface area contributed by atoms with E-state index in [0.29, 0.717) is 18.7 Å². The molecule has 2 aliphatic rings. The number of carbonyl (C=O) groups excluding carboxylic acids is 4. The van der Waals surface area contributed by atoms with E-state index >= 15 is 0 Å². The van der Waals surface area contributed by atoms with Gasteiger partial charge in [-0.15, -0.1) is 0 Å². The maximum Gasteiger partial charge on any atom is 0.410 e. The number of hydrogen-bond acceptors (Lipinski definition) is 6. The predicted molar refractivity (Wildman–Crippen MR) is 82.7 cm³/mol. The van der Waals surface area contributed by atoms with Gasteiger partial charge in [0.05, 0.1) is 13.2 Å². The van der Waals surface area contributed by atoms with Gasteiger partial charge in [0.15, 0.2) is 11.7 Å². The normalized spacial score (nSPS) is 21.2. The SMILES string of the molecule is CCOC(=O)C1C(=O)NC2=C(CN(C(=O)OC(C)(C)C)CC2)C1=O. The number of rotatable bonds is 2. The molecule has 0 aromatic rings. The number of esters is 1. The third kappa shape index (κ3) is 3.74. The number of carbonyl (C=O) groups is 4. The molecule has 0 saturated heterocycles. The quantitative estimate of drug-likeness (QED) is 0.589. The van der Waals surface area contributed by atoms with Gasteiger partial charge < -0.3 is 19.7 Å². The van der Waals surface area contributed by atoms with E-state index in [1.54, 1.807) is 27.7 Å². The Morgan fingerprint density at radius 2 is 1.96 bits per heavy atom. The Morgan fingerprint density at radius 1 is 1.29 bits per heavy atom. The Hall–Kier alpha value is -2.38. The van der Waals surface area contributed by atoms with Gasteiger partial charge >= 0.3 is 12.1 Å². The second kappa shape index (κ2) is 6.62. The topological polar surface area (TPSA) is 102 Å². The molecule has 0 aliphatic carbocycles. The number of ether oxygens (including phenoxy) is 2. The Labute approximate surface area is 140 Å². The maximum atomic E-state index is 12.5. The van der Waals surface area contributed by atoms with Gasteiger partial charge in [0.2, 0.25) is 5.91 Å². The first-order valence-electron chi connectivity index (χ1n) is 7.85. The number of nitrogens with zero attached hydrogens (tertiary/aromatic N) is 1. The monoisotopic (exact) mass is 338 g/mol. The van der Waals surface area contributed by atoms with E-state index in [2.05, 4.69) is 5.32 Å². The summed E-state index contributed by atoms with van der Waals surface area (Å²) in [5, 5.41) is 2.59. The van der Waals surface area contributed by atoms with E-state index in [-0.39, 0.29) is 18.7 Å². The van der Waals surface area contributed by atoms with Crippen molar-refractivity contribution < 1.29 is 28.7 Å². The zero-order chi connectivity index (χ0) is 18.1. The lowest BCUT2D eigenvalue weighted by Crippen LogP contribution is -2.52. The summed E-state index contributed by atoms with van der Waals surface area (Å²) in [5.74, 6) is -3.67. The highest BCUT2D eigenvalue weighted by Crippen LogP contribution is 2.26. The average molecular weight is 338 g/mol. The molecule has 2 aliphatic heterocycles. The van der Waals surface area contributed by atoms with Gasteiger partial charge in [0.25, 0.3) is 0 Å². The molecule has 8 nitrogen and oxygen atoms in total. The number of ketones is 1. The fraction of sp³-hybridized carbons (Fsp3) is 0.625. The van der Waals surface area contributed by atoms with Crippen molar-refractivity contribution in [1.82, 2.24) is 10.2 Å². The Bertz CT molecular complexity index is 617. The lowest BCUT2D eigenvalue weighted by atomic mass is 9.88. The second-order valence-corrected chi connectivity index (χ2v) is 6.65. The van der Waals surface area contributed by atoms with E-state index in [4.69, 9.17) is 9.47 Å². The summed E-state index contributed by atoms with van der Waals surface area (Å²) in [6.45, 7) is 7.25. The fourth-order valence-electron chi connectivity index (χ4n) is 2.56. The van der Waals surface area contributed by atoms with Crippen LogP contribution in [-0.2, 0) is 23.9 Å². The molecular weight excluding hydrogens is 316 g/mol. The van der Waals surface area contributed by atoms with Crippen LogP contribution in [0.5, 0.6) is 0 Å². The van der Waals surface area contributed by atoms with Crippen molar-refractivity contribution in [3.63, 3.8) is 0 Å². The number of nitrogens with one attached hydrogen (secondary N) is 1. The smallest absolute Gasteiger partial charge is 0.410 e. The van der Waals surface area contributed by atoms with Gasteiger partial charge in [-0.3, -0.25) is 14.4 Å². The molecule has 1 N–H and O–H groups in total. The van der Waals surface area contributed by atoms with Gasteiger partial charge in [-0.1, -0.05) is 0 Å². The van der Waals surface area contributed by atoms with Crippen LogP contribution in [0.15, 0.2) is 11.3 Å². The van der Waals surface area contributed by atoms with Crippen molar-refractivity contribution in [2.24, 2.45) is 5.92 Å². The van der Waals surface area contributed by atoms with Gasteiger partial charge in [-0.25, -0.2) is 4.79 Å². The Balaban J connectivity index is 2.18. The highest BCUT2D eigenvalue weighted by molar-refractivity contribution is 6.24. The van der Waals surface area contributed by atoms with Gasteiger partial charge in [0.1, 0.15) is 5.60 Å². The summed E-state index contributed by atoms with van der Waals surface area (Å²) in [6, 6.07) is 0. The van der Waals surface area contributed by atoms with Crippen molar-refractivity contribution in [3.05, 3.63) is 11.3 Å². The van der Waals surface area contributed by atoms with Gasteiger partial charge in [-0.05, 0) is 27.7 Å². The second-order valence-electron chi connectivity index (χ2n) is 6.65. The zero-order valence-electron chi connectivity index (χ0n) is 14.3. The van der Waals surface area contributed by atoms with Crippen molar-refractivity contribution in [2.45, 2.75) is 39.7 Å². The minimum Gasteiger partial charge on any atom is -0.465 e. The van der Waals surface area contributed by atoms with Gasteiger partial charge in [0, 0.05) is 24.2 Å². The first-order chi connectivity index (χ1) is 11.1. The van der Waals surface area contributed by atoms with Crippen molar-refractivity contribution in [3.8, 4) is 0 Å². The molecule has 0 radical (unpaired) electrons. The largest absolute Gasteiger partial charge is 0.465 e. The number of amides is 2. The van der Waals surface area contributed by atoms with Crippen LogP contribution in [0.2, 0.25) is 0 Å².